The van der Waals surface area contributed by atoms with Crippen LogP contribution in [-0.4, -0.2) is 25.4 Å². The number of carbonyl (C=O) groups excluding carboxylic acids is 1. The summed E-state index contributed by atoms with van der Waals surface area (Å²) in [4.78, 5) is 15.3. The Bertz CT molecular complexity index is 818. The van der Waals surface area contributed by atoms with E-state index >= 15 is 0 Å². The molecule has 1 amide bonds. The Morgan fingerprint density at radius 1 is 1.12 bits per heavy atom. The second-order valence-corrected chi connectivity index (χ2v) is 7.38. The normalized spacial score (nSPS) is 12.3. The van der Waals surface area contributed by atoms with Crippen LogP contribution in [0.25, 0.3) is 0 Å². The molecule has 0 spiro atoms. The van der Waals surface area contributed by atoms with Gasteiger partial charge in [0.2, 0.25) is 5.91 Å². The van der Waals surface area contributed by atoms with E-state index in [1.807, 2.05) is 6.92 Å². The van der Waals surface area contributed by atoms with Gasteiger partial charge in [-0.05, 0) is 49.7 Å². The first-order valence-corrected chi connectivity index (χ1v) is 9.41. The van der Waals surface area contributed by atoms with Crippen LogP contribution in [0, 0.1) is 0 Å². The van der Waals surface area contributed by atoms with Gasteiger partial charge in [-0.25, -0.2) is 13.4 Å². The molecule has 1 heterocycles. The van der Waals surface area contributed by atoms with Gasteiger partial charge in [0, 0.05) is 18.7 Å². The van der Waals surface area contributed by atoms with Gasteiger partial charge in [0.25, 0.3) is 10.0 Å². The Morgan fingerprint density at radius 2 is 1.76 bits per heavy atom. The topological polar surface area (TPSA) is 100 Å². The fourth-order valence-corrected chi connectivity index (χ4v) is 3.07. The summed E-state index contributed by atoms with van der Waals surface area (Å²) < 4.78 is 27.3. The van der Waals surface area contributed by atoms with Crippen molar-refractivity contribution in [3.8, 4) is 0 Å². The minimum atomic E-state index is -3.72. The highest BCUT2D eigenvalue weighted by Gasteiger charge is 2.14. The predicted molar refractivity (Wildman–Crippen MR) is 99.2 cm³/mol. The molecule has 25 heavy (non-hydrogen) atoms. The zero-order chi connectivity index (χ0) is 18.4. The van der Waals surface area contributed by atoms with Crippen molar-refractivity contribution in [2.75, 3.05) is 15.4 Å². The highest BCUT2D eigenvalue weighted by molar-refractivity contribution is 7.92. The number of carbonyl (C=O) groups is 1. The van der Waals surface area contributed by atoms with E-state index in [-0.39, 0.29) is 16.8 Å². The maximum absolute atomic E-state index is 12.4. The standard InChI is InChI=1S/C17H22N4O3S/c1-4-12(2)19-17-10-7-15(11-18-17)21-25(23,24)16-8-5-14(6-9-16)20-13(3)22/h5-12,21H,4H2,1-3H3,(H,18,19)(H,20,22). The molecule has 0 aliphatic heterocycles. The fourth-order valence-electron chi connectivity index (χ4n) is 2.03. The third kappa shape index (κ3) is 5.46. The molecule has 3 N–H and O–H groups in total. The summed E-state index contributed by atoms with van der Waals surface area (Å²) in [6.07, 6.45) is 2.43. The van der Waals surface area contributed by atoms with Crippen molar-refractivity contribution in [1.82, 2.24) is 4.98 Å². The number of sulfonamides is 1. The number of aromatic nitrogens is 1. The quantitative estimate of drug-likeness (QED) is 0.703. The molecule has 0 radical (unpaired) electrons. The molecule has 7 nitrogen and oxygen atoms in total. The summed E-state index contributed by atoms with van der Waals surface area (Å²) >= 11 is 0. The fraction of sp³-hybridized carbons (Fsp3) is 0.294. The van der Waals surface area contributed by atoms with Crippen LogP contribution in [0.4, 0.5) is 17.2 Å². The molecule has 0 fully saturated rings. The highest BCUT2D eigenvalue weighted by atomic mass is 32.2. The summed E-state index contributed by atoms with van der Waals surface area (Å²) in [7, 11) is -3.72. The average molecular weight is 362 g/mol. The Kier molecular flexibility index (Phi) is 5.97. The maximum Gasteiger partial charge on any atom is 0.261 e. The number of anilines is 3. The Balaban J connectivity index is 2.08. The smallest absolute Gasteiger partial charge is 0.261 e. The van der Waals surface area contributed by atoms with Crippen molar-refractivity contribution in [2.24, 2.45) is 0 Å². The lowest BCUT2D eigenvalue weighted by Gasteiger charge is -2.13. The zero-order valence-electron chi connectivity index (χ0n) is 14.4. The van der Waals surface area contributed by atoms with Gasteiger partial charge < -0.3 is 10.6 Å². The van der Waals surface area contributed by atoms with E-state index in [9.17, 15) is 13.2 Å². The second kappa shape index (κ2) is 7.98. The van der Waals surface area contributed by atoms with Crippen LogP contribution < -0.4 is 15.4 Å². The third-order valence-electron chi connectivity index (χ3n) is 3.51. The first-order valence-electron chi connectivity index (χ1n) is 7.93. The van der Waals surface area contributed by atoms with Crippen LogP contribution in [0.1, 0.15) is 27.2 Å². The molecule has 134 valence electrons. The van der Waals surface area contributed by atoms with Gasteiger partial charge in [0.05, 0.1) is 16.8 Å². The van der Waals surface area contributed by atoms with Crippen molar-refractivity contribution in [2.45, 2.75) is 38.1 Å². The summed E-state index contributed by atoms with van der Waals surface area (Å²) in [6, 6.07) is 9.60. The van der Waals surface area contributed by atoms with Crippen LogP contribution >= 0.6 is 0 Å². The number of rotatable bonds is 7. The number of hydrogen-bond donors (Lipinski definition) is 3. The van der Waals surface area contributed by atoms with Crippen LogP contribution in [-0.2, 0) is 14.8 Å². The Morgan fingerprint density at radius 3 is 2.28 bits per heavy atom. The lowest BCUT2D eigenvalue weighted by atomic mass is 10.2. The van der Waals surface area contributed by atoms with Gasteiger partial charge in [0.1, 0.15) is 5.82 Å². The van der Waals surface area contributed by atoms with Gasteiger partial charge in [-0.3, -0.25) is 9.52 Å². The van der Waals surface area contributed by atoms with Gasteiger partial charge in [0.15, 0.2) is 0 Å². The van der Waals surface area contributed by atoms with Crippen molar-refractivity contribution in [3.63, 3.8) is 0 Å². The number of nitrogens with zero attached hydrogens (tertiary/aromatic N) is 1. The van der Waals surface area contributed by atoms with Crippen LogP contribution in [0.3, 0.4) is 0 Å². The lowest BCUT2D eigenvalue weighted by Crippen LogP contribution is -2.15. The van der Waals surface area contributed by atoms with E-state index in [0.29, 0.717) is 17.2 Å². The first kappa shape index (κ1) is 18.7. The first-order chi connectivity index (χ1) is 11.8. The van der Waals surface area contributed by atoms with Gasteiger partial charge >= 0.3 is 0 Å². The van der Waals surface area contributed by atoms with E-state index in [2.05, 4.69) is 27.3 Å². The van der Waals surface area contributed by atoms with E-state index in [1.54, 1.807) is 12.1 Å². The van der Waals surface area contributed by atoms with Crippen molar-refractivity contribution < 1.29 is 13.2 Å². The van der Waals surface area contributed by atoms with Crippen molar-refractivity contribution in [3.05, 3.63) is 42.6 Å². The highest BCUT2D eigenvalue weighted by Crippen LogP contribution is 2.19. The van der Waals surface area contributed by atoms with E-state index in [4.69, 9.17) is 0 Å². The molecular weight excluding hydrogens is 340 g/mol. The number of hydrogen-bond acceptors (Lipinski definition) is 5. The van der Waals surface area contributed by atoms with E-state index < -0.39 is 10.0 Å². The monoisotopic (exact) mass is 362 g/mol. The molecule has 8 heteroatoms. The maximum atomic E-state index is 12.4. The van der Waals surface area contributed by atoms with Gasteiger partial charge in [-0.15, -0.1) is 0 Å². The molecule has 0 saturated heterocycles. The van der Waals surface area contributed by atoms with Crippen molar-refractivity contribution >= 4 is 33.1 Å². The molecule has 2 aromatic rings. The minimum absolute atomic E-state index is 0.100. The van der Waals surface area contributed by atoms with Crippen LogP contribution in [0.15, 0.2) is 47.5 Å². The van der Waals surface area contributed by atoms with Gasteiger partial charge in [-0.2, -0.15) is 0 Å². The molecule has 1 atom stereocenters. The van der Waals surface area contributed by atoms with E-state index in [0.717, 1.165) is 6.42 Å². The summed E-state index contributed by atoms with van der Waals surface area (Å²) in [6.45, 7) is 5.50. The Hall–Kier alpha value is -2.61. The Labute approximate surface area is 147 Å². The summed E-state index contributed by atoms with van der Waals surface area (Å²) in [5, 5.41) is 5.80. The number of amides is 1. The summed E-state index contributed by atoms with van der Waals surface area (Å²) in [5.41, 5.74) is 0.911. The molecule has 0 bridgehead atoms. The lowest BCUT2D eigenvalue weighted by molar-refractivity contribution is -0.114. The molecule has 0 saturated carbocycles. The van der Waals surface area contributed by atoms with Gasteiger partial charge in [-0.1, -0.05) is 6.92 Å². The minimum Gasteiger partial charge on any atom is -0.368 e. The van der Waals surface area contributed by atoms with E-state index in [1.165, 1.54) is 37.4 Å². The predicted octanol–water partition coefficient (Wildman–Crippen LogP) is 3.05. The SMILES string of the molecule is CCC(C)Nc1ccc(NS(=O)(=O)c2ccc(NC(C)=O)cc2)cn1. The molecule has 0 aliphatic carbocycles. The second-order valence-electron chi connectivity index (χ2n) is 5.70. The number of pyridine rings is 1. The molecule has 1 aromatic carbocycles. The largest absolute Gasteiger partial charge is 0.368 e. The molecule has 1 aromatic heterocycles. The third-order valence-corrected chi connectivity index (χ3v) is 4.90. The number of benzene rings is 1. The van der Waals surface area contributed by atoms with Crippen LogP contribution in [0.5, 0.6) is 0 Å². The molecule has 2 rings (SSSR count). The van der Waals surface area contributed by atoms with Crippen LogP contribution in [0.2, 0.25) is 0 Å². The van der Waals surface area contributed by atoms with Crippen molar-refractivity contribution in [1.29, 1.82) is 0 Å². The summed E-state index contributed by atoms with van der Waals surface area (Å²) in [5.74, 6) is 0.475. The number of nitrogens with one attached hydrogen (secondary N) is 3. The zero-order valence-corrected chi connectivity index (χ0v) is 15.2. The average Bonchev–Trinajstić information content (AvgIpc) is 2.56. The molecule has 0 aliphatic rings. The molecule has 1 unspecified atom stereocenters. The molecular formula is C17H22N4O3S.